The maximum absolute atomic E-state index is 14.0. The number of rotatable bonds is 6. The molecule has 0 saturated carbocycles. The predicted molar refractivity (Wildman–Crippen MR) is 181 cm³/mol. The van der Waals surface area contributed by atoms with Gasteiger partial charge in [-0.15, -0.1) is 0 Å². The Morgan fingerprint density at radius 3 is 2.23 bits per heavy atom. The van der Waals surface area contributed by atoms with Gasteiger partial charge in [0.15, 0.2) is 6.10 Å². The number of carbonyl (C=O) groups excluding carboxylic acids is 3. The number of nitrogens with one attached hydrogen (secondary N) is 1. The molecular formula is C35H47N5O6S. The van der Waals surface area contributed by atoms with Crippen LogP contribution in [-0.2, 0) is 33.5 Å². The van der Waals surface area contributed by atoms with Crippen molar-refractivity contribution in [2.75, 3.05) is 62.6 Å². The van der Waals surface area contributed by atoms with Gasteiger partial charge in [-0.3, -0.25) is 9.69 Å². The molecule has 6 rings (SSSR count). The van der Waals surface area contributed by atoms with Gasteiger partial charge in [0.1, 0.15) is 17.3 Å². The van der Waals surface area contributed by atoms with Gasteiger partial charge in [-0.25, -0.2) is 9.59 Å². The first kappa shape index (κ1) is 33.4. The molecule has 4 aliphatic heterocycles. The summed E-state index contributed by atoms with van der Waals surface area (Å²) in [5, 5.41) is 13.4. The molecule has 0 aliphatic carbocycles. The van der Waals surface area contributed by atoms with Crippen LogP contribution in [0, 0.1) is 13.8 Å². The summed E-state index contributed by atoms with van der Waals surface area (Å²) in [4.78, 5) is 48.4. The molecule has 0 spiro atoms. The Bertz CT molecular complexity index is 1430. The van der Waals surface area contributed by atoms with E-state index in [0.717, 1.165) is 49.2 Å². The molecule has 4 heterocycles. The third-order valence-corrected chi connectivity index (χ3v) is 11.6. The van der Waals surface area contributed by atoms with Crippen molar-refractivity contribution in [3.63, 3.8) is 0 Å². The van der Waals surface area contributed by atoms with E-state index in [4.69, 9.17) is 4.74 Å². The molecule has 2 aromatic carbocycles. The molecule has 0 unspecified atom stereocenters. The number of ether oxygens (including phenoxy) is 1. The summed E-state index contributed by atoms with van der Waals surface area (Å²) in [5.41, 5.74) is 4.22. The average Bonchev–Trinajstić information content (AvgIpc) is 3.25. The first-order valence-corrected chi connectivity index (χ1v) is 18.4. The number of benzene rings is 2. The lowest BCUT2D eigenvalue weighted by Gasteiger charge is -2.41. The van der Waals surface area contributed by atoms with E-state index in [1.165, 1.54) is 0 Å². The molecule has 0 aromatic heterocycles. The fourth-order valence-corrected chi connectivity index (χ4v) is 8.60. The molecule has 12 heteroatoms. The molecule has 0 radical (unpaired) electrons. The number of nitrogens with zero attached hydrogens (tertiary/aromatic N) is 4. The Hall–Kier alpha value is -3.48. The van der Waals surface area contributed by atoms with E-state index in [1.807, 2.05) is 60.0 Å². The van der Waals surface area contributed by atoms with Gasteiger partial charge in [0.25, 0.3) is 5.91 Å². The number of likely N-dealkylation sites (tertiary alicyclic amines) is 2. The fraction of sp³-hybridized carbons (Fsp3) is 0.571. The zero-order valence-corrected chi connectivity index (χ0v) is 28.3. The van der Waals surface area contributed by atoms with Crippen LogP contribution in [0.3, 0.4) is 0 Å². The lowest BCUT2D eigenvalue weighted by molar-refractivity contribution is -0.142. The highest BCUT2D eigenvalue weighted by atomic mass is 32.2. The Morgan fingerprint density at radius 2 is 1.55 bits per heavy atom. The summed E-state index contributed by atoms with van der Waals surface area (Å²) in [6.45, 7) is 7.96. The standard InChI is InChI=1S/C35H47N5O6S/c1-24-21-26(22-25(2)32(24)41)23-31(33(42)38-12-8-28(9-13-38)37-17-19-47(45)20-18-37)46-35(44)39-14-10-29(11-15-39)40-16-7-27-5-3-4-6-30(27)36-34(40)43/h3-6,21-22,28-29,31,41H,7-20,23H2,1-2H3,(H,36,43)/t31-/m1/s1. The van der Waals surface area contributed by atoms with Crippen LogP contribution >= 0.6 is 0 Å². The number of hydrogen-bond donors (Lipinski definition) is 2. The number of aryl methyl sites for hydroxylation is 2. The van der Waals surface area contributed by atoms with Crippen molar-refractivity contribution in [2.45, 2.75) is 70.6 Å². The topological polar surface area (TPSA) is 129 Å². The third-order valence-electron chi connectivity index (χ3n) is 10.3. The minimum Gasteiger partial charge on any atom is -0.616 e. The molecular weight excluding hydrogens is 618 g/mol. The number of aromatic hydroxyl groups is 1. The van der Waals surface area contributed by atoms with E-state index >= 15 is 0 Å². The molecule has 3 saturated heterocycles. The SMILES string of the molecule is Cc1cc(C[C@@H](OC(=O)N2CCC(N3CCc4ccccc4NC3=O)CC2)C(=O)N2CCC(N3CC[S+]([O-])CC3)CC2)cc(C)c1O. The third kappa shape index (κ3) is 7.81. The quantitative estimate of drug-likeness (QED) is 0.451. The van der Waals surface area contributed by atoms with Crippen LogP contribution in [0.4, 0.5) is 15.3 Å². The number of para-hydroxylation sites is 1. The molecule has 3 fully saturated rings. The van der Waals surface area contributed by atoms with Crippen LogP contribution in [0.2, 0.25) is 0 Å². The molecule has 2 N–H and O–H groups in total. The van der Waals surface area contributed by atoms with Crippen molar-refractivity contribution in [2.24, 2.45) is 0 Å². The number of anilines is 1. The van der Waals surface area contributed by atoms with E-state index in [0.29, 0.717) is 74.2 Å². The van der Waals surface area contributed by atoms with Gasteiger partial charge in [-0.2, -0.15) is 0 Å². The zero-order chi connectivity index (χ0) is 33.1. The fourth-order valence-electron chi connectivity index (χ4n) is 7.52. The summed E-state index contributed by atoms with van der Waals surface area (Å²) >= 11 is -0.727. The van der Waals surface area contributed by atoms with Crippen molar-refractivity contribution >= 4 is 34.9 Å². The lowest BCUT2D eigenvalue weighted by Crippen LogP contribution is -2.54. The number of urea groups is 1. The second kappa shape index (κ2) is 14.7. The largest absolute Gasteiger partial charge is 0.616 e. The Morgan fingerprint density at radius 1 is 0.936 bits per heavy atom. The van der Waals surface area contributed by atoms with Crippen LogP contribution in [0.5, 0.6) is 5.75 Å². The van der Waals surface area contributed by atoms with Crippen LogP contribution in [-0.4, -0.2) is 123 Å². The van der Waals surface area contributed by atoms with Gasteiger partial charge < -0.3 is 34.4 Å². The number of hydrogen-bond acceptors (Lipinski definition) is 7. The minimum absolute atomic E-state index is 0.00920. The van der Waals surface area contributed by atoms with Gasteiger partial charge in [-0.1, -0.05) is 41.5 Å². The van der Waals surface area contributed by atoms with E-state index in [2.05, 4.69) is 10.2 Å². The summed E-state index contributed by atoms with van der Waals surface area (Å²) in [6, 6.07) is 11.8. The highest BCUT2D eigenvalue weighted by Crippen LogP contribution is 2.27. The summed E-state index contributed by atoms with van der Waals surface area (Å²) < 4.78 is 17.9. The minimum atomic E-state index is -0.993. The number of phenols is 1. The van der Waals surface area contributed by atoms with Crippen molar-refractivity contribution < 1.29 is 28.8 Å². The van der Waals surface area contributed by atoms with Crippen LogP contribution in [0.25, 0.3) is 0 Å². The zero-order valence-electron chi connectivity index (χ0n) is 27.5. The first-order chi connectivity index (χ1) is 22.7. The van der Waals surface area contributed by atoms with E-state index in [1.54, 1.807) is 4.90 Å². The smallest absolute Gasteiger partial charge is 0.410 e. The number of amides is 4. The normalized spacial score (nSPS) is 21.2. The molecule has 47 heavy (non-hydrogen) atoms. The van der Waals surface area contributed by atoms with E-state index in [-0.39, 0.29) is 30.2 Å². The monoisotopic (exact) mass is 665 g/mol. The van der Waals surface area contributed by atoms with Crippen molar-refractivity contribution in [1.29, 1.82) is 0 Å². The van der Waals surface area contributed by atoms with Gasteiger partial charge in [0.2, 0.25) is 0 Å². The molecule has 4 amide bonds. The molecule has 254 valence electrons. The maximum atomic E-state index is 14.0. The predicted octanol–water partition coefficient (Wildman–Crippen LogP) is 3.67. The second-order valence-corrected chi connectivity index (χ2v) is 15.0. The van der Waals surface area contributed by atoms with Gasteiger partial charge >= 0.3 is 12.1 Å². The van der Waals surface area contributed by atoms with Crippen molar-refractivity contribution in [1.82, 2.24) is 19.6 Å². The molecule has 2 aromatic rings. The van der Waals surface area contributed by atoms with Crippen molar-refractivity contribution in [3.8, 4) is 5.75 Å². The second-order valence-electron chi connectivity index (χ2n) is 13.3. The summed E-state index contributed by atoms with van der Waals surface area (Å²) in [6.07, 6.45) is 2.41. The molecule has 11 nitrogen and oxygen atoms in total. The van der Waals surface area contributed by atoms with Gasteiger partial charge in [0.05, 0.1) is 0 Å². The Balaban J connectivity index is 1.08. The molecule has 4 aliphatic rings. The highest BCUT2D eigenvalue weighted by Gasteiger charge is 2.37. The van der Waals surface area contributed by atoms with Crippen LogP contribution in [0.15, 0.2) is 36.4 Å². The van der Waals surface area contributed by atoms with Crippen LogP contribution in [0.1, 0.15) is 47.9 Å². The Kier molecular flexibility index (Phi) is 10.5. The molecule has 1 atom stereocenters. The Labute approximate surface area is 280 Å². The first-order valence-electron chi connectivity index (χ1n) is 16.9. The van der Waals surface area contributed by atoms with Crippen molar-refractivity contribution in [3.05, 3.63) is 58.7 Å². The summed E-state index contributed by atoms with van der Waals surface area (Å²) in [7, 11) is 0. The number of carbonyl (C=O) groups is 3. The number of phenolic OH excluding ortho intramolecular Hbond substituents is 1. The average molecular weight is 666 g/mol. The van der Waals surface area contributed by atoms with Gasteiger partial charge in [-0.05, 0) is 74.3 Å². The van der Waals surface area contributed by atoms with Crippen LogP contribution < -0.4 is 5.32 Å². The maximum Gasteiger partial charge on any atom is 0.410 e. The number of fused-ring (bicyclic) bond motifs is 1. The highest BCUT2D eigenvalue weighted by molar-refractivity contribution is 7.91. The molecule has 0 bridgehead atoms. The van der Waals surface area contributed by atoms with Gasteiger partial charge in [0, 0.05) is 70.0 Å². The van der Waals surface area contributed by atoms with E-state index in [9.17, 15) is 24.0 Å². The number of piperidine rings is 2. The lowest BCUT2D eigenvalue weighted by atomic mass is 9.99. The summed E-state index contributed by atoms with van der Waals surface area (Å²) in [5.74, 6) is 1.44. The van der Waals surface area contributed by atoms with E-state index < -0.39 is 23.4 Å².